The molecule has 1 unspecified atom stereocenters. The molecule has 0 aliphatic carbocycles. The van der Waals surface area contributed by atoms with E-state index in [1.54, 1.807) is 42.5 Å². The Hall–Kier alpha value is -3.91. The number of carbonyl (C=O) groups is 5. The van der Waals surface area contributed by atoms with Crippen LogP contribution in [-0.2, 0) is 84.4 Å². The lowest BCUT2D eigenvalue weighted by atomic mass is 9.95. The van der Waals surface area contributed by atoms with Crippen molar-refractivity contribution in [3.05, 3.63) is 63.6 Å². The van der Waals surface area contributed by atoms with Gasteiger partial charge in [-0.05, 0) is 35.4 Å². The molecule has 3 heterocycles. The van der Waals surface area contributed by atoms with Gasteiger partial charge in [0.15, 0.2) is 43.3 Å². The highest BCUT2D eigenvalue weighted by Gasteiger charge is 2.57. The van der Waals surface area contributed by atoms with Gasteiger partial charge in [-0.1, -0.05) is 41.4 Å². The Morgan fingerprint density at radius 1 is 0.732 bits per heavy atom. The lowest BCUT2D eigenvalue weighted by molar-refractivity contribution is -0.385. The van der Waals surface area contributed by atoms with E-state index in [1.807, 2.05) is 0 Å². The summed E-state index contributed by atoms with van der Waals surface area (Å²) in [4.78, 5) is 61.7. The van der Waals surface area contributed by atoms with E-state index in [9.17, 15) is 29.1 Å². The predicted octanol–water partition coefficient (Wildman–Crippen LogP) is 3.01. The van der Waals surface area contributed by atoms with Crippen LogP contribution < -0.4 is 5.32 Å². The van der Waals surface area contributed by atoms with Crippen LogP contribution in [0.5, 0.6) is 0 Å². The van der Waals surface area contributed by atoms with Crippen molar-refractivity contribution in [1.82, 2.24) is 0 Å². The average molecular weight is 829 g/mol. The minimum Gasteiger partial charge on any atom is -0.455 e. The van der Waals surface area contributed by atoms with Gasteiger partial charge in [-0.25, -0.2) is 0 Å². The van der Waals surface area contributed by atoms with Crippen molar-refractivity contribution in [1.29, 1.82) is 0 Å². The molecule has 19 heteroatoms. The normalized spacial score (nSPS) is 30.0. The van der Waals surface area contributed by atoms with E-state index < -0.39 is 98.2 Å². The number of aliphatic hydroxyl groups is 1. The monoisotopic (exact) mass is 827 g/mol. The van der Waals surface area contributed by atoms with Crippen molar-refractivity contribution in [2.24, 2.45) is 0 Å². The Bertz CT molecular complexity index is 1730. The maximum Gasteiger partial charge on any atom is 0.303 e. The number of ether oxygens (including phenoxy) is 10. The molecule has 2 N–H and O–H groups in total. The smallest absolute Gasteiger partial charge is 0.303 e. The molecular weight excluding hydrogens is 785 g/mol. The fourth-order valence-electron chi connectivity index (χ4n) is 6.51. The molecule has 3 fully saturated rings. The van der Waals surface area contributed by atoms with Gasteiger partial charge in [0.1, 0.15) is 24.4 Å². The number of amides is 1. The molecule has 0 radical (unpaired) electrons. The first-order valence-corrected chi connectivity index (χ1v) is 18.3. The fourth-order valence-corrected chi connectivity index (χ4v) is 6.80. The van der Waals surface area contributed by atoms with Crippen molar-refractivity contribution in [2.45, 2.75) is 115 Å². The van der Waals surface area contributed by atoms with Crippen LogP contribution >= 0.6 is 23.2 Å². The number of anilines is 1. The van der Waals surface area contributed by atoms with Gasteiger partial charge < -0.3 is 57.8 Å². The topological polar surface area (TPSA) is 210 Å². The molecule has 56 heavy (non-hydrogen) atoms. The van der Waals surface area contributed by atoms with Gasteiger partial charge in [0.25, 0.3) is 0 Å². The summed E-state index contributed by atoms with van der Waals surface area (Å²) in [5.74, 6) is -3.51. The lowest BCUT2D eigenvalue weighted by Crippen LogP contribution is -2.68. The SMILES string of the molecule is CC(=O)Nc1cc(CO[C@@H]2O[C@H](CO)[C@@H](O[C@H]3O[C@@H]4COC(Cc5ccc(Cl)cc5)O[C@H]4[C@H](OC(C)=O)[C@H]3OC(C)=O)[C@H](OC(C)=O)[C@H]2OC(C)=O)ccc1Cl. The molecule has 0 spiro atoms. The first kappa shape index (κ1) is 43.2. The van der Waals surface area contributed by atoms with Crippen molar-refractivity contribution < 1.29 is 76.4 Å². The Morgan fingerprint density at radius 3 is 1.93 bits per heavy atom. The maximum atomic E-state index is 12.6. The summed E-state index contributed by atoms with van der Waals surface area (Å²) in [6.07, 6.45) is -14.1. The van der Waals surface area contributed by atoms with E-state index in [0.717, 1.165) is 33.3 Å². The number of aliphatic hydroxyl groups excluding tert-OH is 1. The molecule has 0 aromatic heterocycles. The quantitative estimate of drug-likeness (QED) is 0.220. The van der Waals surface area contributed by atoms with Crippen molar-refractivity contribution in [3.63, 3.8) is 0 Å². The third kappa shape index (κ3) is 11.4. The third-order valence-electron chi connectivity index (χ3n) is 8.69. The lowest BCUT2D eigenvalue weighted by Gasteiger charge is -2.50. The third-order valence-corrected chi connectivity index (χ3v) is 9.27. The van der Waals surface area contributed by atoms with Crippen LogP contribution in [0.15, 0.2) is 42.5 Å². The molecule has 5 rings (SSSR count). The van der Waals surface area contributed by atoms with Gasteiger partial charge in [0.2, 0.25) is 5.91 Å². The largest absolute Gasteiger partial charge is 0.455 e. The first-order chi connectivity index (χ1) is 26.6. The second-order valence-corrected chi connectivity index (χ2v) is 14.0. The number of esters is 4. The fraction of sp³-hybridized carbons (Fsp3) is 0.541. The van der Waals surface area contributed by atoms with Gasteiger partial charge in [-0.15, -0.1) is 0 Å². The molecule has 17 nitrogen and oxygen atoms in total. The van der Waals surface area contributed by atoms with Crippen LogP contribution in [0.1, 0.15) is 45.7 Å². The molecule has 2 aromatic rings. The standard InChI is InChI=1S/C37H43Cl2NO16/c1-17(42)40-26-12-23(8-11-25(26)39)15-48-36-34(51-20(4)45)32(49-18(2)43)30(27(14-41)53-36)56-37-35(52-21(5)46)33(50-19(3)44)31-28(54-37)16-47-29(55-31)13-22-6-9-24(38)10-7-22/h6-12,27-37,41H,13-16H2,1-5H3,(H,40,42)/t27-,28-,29?,30-,31-,32+,33+,34-,35-,36-,37-/m1/s1. The summed E-state index contributed by atoms with van der Waals surface area (Å²) in [6.45, 7) is 4.82. The van der Waals surface area contributed by atoms with Crippen molar-refractivity contribution in [3.8, 4) is 0 Å². The zero-order valence-corrected chi connectivity index (χ0v) is 32.6. The van der Waals surface area contributed by atoms with E-state index >= 15 is 0 Å². The summed E-state index contributed by atoms with van der Waals surface area (Å²) >= 11 is 12.2. The zero-order chi connectivity index (χ0) is 40.7. The molecule has 2 aromatic carbocycles. The Kier molecular flexibility index (Phi) is 15.0. The van der Waals surface area contributed by atoms with Gasteiger partial charge in [0.05, 0.1) is 30.5 Å². The van der Waals surface area contributed by atoms with E-state index in [2.05, 4.69) is 5.32 Å². The van der Waals surface area contributed by atoms with Crippen molar-refractivity contribution in [2.75, 3.05) is 18.5 Å². The van der Waals surface area contributed by atoms with Crippen LogP contribution in [-0.4, -0.2) is 116 Å². The summed E-state index contributed by atoms with van der Waals surface area (Å²) in [7, 11) is 0. The Morgan fingerprint density at radius 2 is 1.32 bits per heavy atom. The summed E-state index contributed by atoms with van der Waals surface area (Å²) < 4.78 is 59.5. The molecular formula is C37H43Cl2NO16. The van der Waals surface area contributed by atoms with Crippen LogP contribution in [0.2, 0.25) is 10.0 Å². The molecule has 0 saturated carbocycles. The maximum absolute atomic E-state index is 12.6. The second kappa shape index (κ2) is 19.5. The number of hydrogen-bond acceptors (Lipinski definition) is 16. The zero-order valence-electron chi connectivity index (χ0n) is 31.0. The minimum atomic E-state index is -1.58. The Balaban J connectivity index is 1.42. The van der Waals surface area contributed by atoms with Crippen LogP contribution in [0, 0.1) is 0 Å². The summed E-state index contributed by atoms with van der Waals surface area (Å²) in [6, 6.07) is 11.8. The van der Waals surface area contributed by atoms with Crippen LogP contribution in [0.25, 0.3) is 0 Å². The van der Waals surface area contributed by atoms with Gasteiger partial charge in [0, 0.05) is 46.1 Å². The number of benzene rings is 2. The number of rotatable bonds is 13. The number of hydrogen-bond donors (Lipinski definition) is 2. The first-order valence-electron chi connectivity index (χ1n) is 17.6. The van der Waals surface area contributed by atoms with E-state index in [4.69, 9.17) is 70.6 Å². The molecule has 0 bridgehead atoms. The van der Waals surface area contributed by atoms with Crippen molar-refractivity contribution >= 4 is 58.7 Å². The van der Waals surface area contributed by atoms with Crippen LogP contribution in [0.3, 0.4) is 0 Å². The number of halogens is 2. The molecule has 3 aliphatic heterocycles. The second-order valence-electron chi connectivity index (χ2n) is 13.2. The average Bonchev–Trinajstić information content (AvgIpc) is 3.12. The van der Waals surface area contributed by atoms with E-state index in [1.165, 1.54) is 6.92 Å². The molecule has 306 valence electrons. The van der Waals surface area contributed by atoms with Gasteiger partial charge >= 0.3 is 23.9 Å². The van der Waals surface area contributed by atoms with E-state index in [-0.39, 0.29) is 24.1 Å². The van der Waals surface area contributed by atoms with Crippen LogP contribution in [0.4, 0.5) is 5.69 Å². The highest BCUT2D eigenvalue weighted by molar-refractivity contribution is 6.33. The highest BCUT2D eigenvalue weighted by atomic mass is 35.5. The molecule has 11 atom stereocenters. The molecule has 3 saturated heterocycles. The molecule has 1 amide bonds. The minimum absolute atomic E-state index is 0.0777. The summed E-state index contributed by atoms with van der Waals surface area (Å²) in [5.41, 5.74) is 1.67. The summed E-state index contributed by atoms with van der Waals surface area (Å²) in [5, 5.41) is 14.0. The number of nitrogens with one attached hydrogen (secondary N) is 1. The van der Waals surface area contributed by atoms with E-state index in [0.29, 0.717) is 22.7 Å². The number of fused-ring (bicyclic) bond motifs is 1. The number of carbonyl (C=O) groups excluding carboxylic acids is 5. The molecule has 3 aliphatic rings. The highest BCUT2D eigenvalue weighted by Crippen LogP contribution is 2.37. The Labute approximate surface area is 331 Å². The predicted molar refractivity (Wildman–Crippen MR) is 192 cm³/mol. The van der Waals surface area contributed by atoms with Gasteiger partial charge in [-0.2, -0.15) is 0 Å². The van der Waals surface area contributed by atoms with Gasteiger partial charge in [-0.3, -0.25) is 24.0 Å².